The standard InChI is InChI=1S/C14H7BrN2/c15-14-7-10(5-11(8-16)9-17)6-12-3-1-2-4-13(12)14/h1-7H. The van der Waals surface area contributed by atoms with E-state index in [4.69, 9.17) is 10.5 Å². The van der Waals surface area contributed by atoms with Crippen LogP contribution in [-0.4, -0.2) is 0 Å². The van der Waals surface area contributed by atoms with Crippen molar-refractivity contribution in [3.05, 3.63) is 52.0 Å². The normalized spacial score (nSPS) is 9.35. The number of hydrogen-bond acceptors (Lipinski definition) is 2. The van der Waals surface area contributed by atoms with E-state index in [0.29, 0.717) is 0 Å². The molecule has 0 atom stereocenters. The third-order valence-electron chi connectivity index (χ3n) is 2.39. The molecule has 0 amide bonds. The van der Waals surface area contributed by atoms with Gasteiger partial charge in [0.25, 0.3) is 0 Å². The fourth-order valence-electron chi connectivity index (χ4n) is 1.63. The summed E-state index contributed by atoms with van der Waals surface area (Å²) >= 11 is 3.49. The molecule has 17 heavy (non-hydrogen) atoms. The Kier molecular flexibility index (Phi) is 3.23. The Bertz CT molecular complexity index is 671. The summed E-state index contributed by atoms with van der Waals surface area (Å²) in [4.78, 5) is 0. The number of allylic oxidation sites excluding steroid dienone is 1. The lowest BCUT2D eigenvalue weighted by atomic mass is 10.1. The van der Waals surface area contributed by atoms with Crippen LogP contribution in [0.1, 0.15) is 5.56 Å². The second kappa shape index (κ2) is 4.82. The van der Waals surface area contributed by atoms with Crippen molar-refractivity contribution in [2.75, 3.05) is 0 Å². The van der Waals surface area contributed by atoms with Crippen LogP contribution in [0.4, 0.5) is 0 Å². The Morgan fingerprint density at radius 2 is 1.82 bits per heavy atom. The summed E-state index contributed by atoms with van der Waals surface area (Å²) in [6.45, 7) is 0. The minimum absolute atomic E-state index is 0.104. The zero-order chi connectivity index (χ0) is 12.3. The first-order valence-corrected chi connectivity index (χ1v) is 5.74. The van der Waals surface area contributed by atoms with E-state index in [-0.39, 0.29) is 5.57 Å². The summed E-state index contributed by atoms with van der Waals surface area (Å²) in [7, 11) is 0. The van der Waals surface area contributed by atoms with E-state index in [1.165, 1.54) is 0 Å². The highest BCUT2D eigenvalue weighted by Gasteiger charge is 2.01. The van der Waals surface area contributed by atoms with Crippen molar-refractivity contribution >= 4 is 32.8 Å². The van der Waals surface area contributed by atoms with Gasteiger partial charge in [0, 0.05) is 4.47 Å². The van der Waals surface area contributed by atoms with E-state index in [2.05, 4.69) is 15.9 Å². The van der Waals surface area contributed by atoms with Crippen LogP contribution in [0, 0.1) is 22.7 Å². The number of benzene rings is 2. The first-order chi connectivity index (χ1) is 8.24. The van der Waals surface area contributed by atoms with Gasteiger partial charge < -0.3 is 0 Å². The molecule has 0 fully saturated rings. The molecule has 3 heteroatoms. The van der Waals surface area contributed by atoms with Crippen LogP contribution >= 0.6 is 15.9 Å². The molecule has 80 valence electrons. The van der Waals surface area contributed by atoms with Crippen molar-refractivity contribution in [2.45, 2.75) is 0 Å². The van der Waals surface area contributed by atoms with E-state index in [9.17, 15) is 0 Å². The highest BCUT2D eigenvalue weighted by atomic mass is 79.9. The van der Waals surface area contributed by atoms with Crippen molar-refractivity contribution in [3.8, 4) is 12.1 Å². The van der Waals surface area contributed by atoms with E-state index >= 15 is 0 Å². The molecule has 2 rings (SSSR count). The summed E-state index contributed by atoms with van der Waals surface area (Å²) in [6, 6.07) is 15.5. The minimum atomic E-state index is 0.104. The maximum Gasteiger partial charge on any atom is 0.130 e. The fourth-order valence-corrected chi connectivity index (χ4v) is 2.25. The molecule has 0 aliphatic rings. The second-order valence-electron chi connectivity index (χ2n) is 3.51. The fraction of sp³-hybridized carbons (Fsp3) is 0. The maximum atomic E-state index is 8.72. The highest BCUT2D eigenvalue weighted by Crippen LogP contribution is 2.26. The van der Waals surface area contributed by atoms with Gasteiger partial charge in [-0.3, -0.25) is 0 Å². The molecule has 0 unspecified atom stereocenters. The Balaban J connectivity index is 2.64. The quantitative estimate of drug-likeness (QED) is 0.742. The molecular formula is C14H7BrN2. The number of hydrogen-bond donors (Lipinski definition) is 0. The van der Waals surface area contributed by atoms with Gasteiger partial charge in [-0.05, 0) is 34.5 Å². The summed E-state index contributed by atoms with van der Waals surface area (Å²) in [5.74, 6) is 0. The zero-order valence-electron chi connectivity index (χ0n) is 8.81. The van der Waals surface area contributed by atoms with Crippen molar-refractivity contribution in [3.63, 3.8) is 0 Å². The van der Waals surface area contributed by atoms with Gasteiger partial charge >= 0.3 is 0 Å². The van der Waals surface area contributed by atoms with Crippen molar-refractivity contribution in [1.82, 2.24) is 0 Å². The van der Waals surface area contributed by atoms with E-state index in [1.54, 1.807) is 6.08 Å². The largest absolute Gasteiger partial charge is 0.192 e. The van der Waals surface area contributed by atoms with Crippen molar-refractivity contribution < 1.29 is 0 Å². The molecule has 2 aromatic rings. The molecule has 2 nitrogen and oxygen atoms in total. The Morgan fingerprint density at radius 3 is 2.53 bits per heavy atom. The summed E-state index contributed by atoms with van der Waals surface area (Å²) in [5.41, 5.74) is 0.945. The van der Waals surface area contributed by atoms with Crippen LogP contribution in [0.3, 0.4) is 0 Å². The van der Waals surface area contributed by atoms with Gasteiger partial charge in [-0.25, -0.2) is 0 Å². The number of nitrogens with zero attached hydrogens (tertiary/aromatic N) is 2. The average molecular weight is 283 g/mol. The molecular weight excluding hydrogens is 276 g/mol. The van der Waals surface area contributed by atoms with Gasteiger partial charge in [0.15, 0.2) is 0 Å². The number of halogens is 1. The first kappa shape index (κ1) is 11.4. The first-order valence-electron chi connectivity index (χ1n) is 4.95. The number of nitriles is 2. The predicted molar refractivity (Wildman–Crippen MR) is 70.9 cm³/mol. The van der Waals surface area contributed by atoms with Gasteiger partial charge in [0.05, 0.1) is 0 Å². The molecule has 0 spiro atoms. The molecule has 0 aliphatic carbocycles. The van der Waals surface area contributed by atoms with E-state index in [0.717, 1.165) is 20.8 Å². The Labute approximate surface area is 108 Å². The minimum Gasteiger partial charge on any atom is -0.192 e. The van der Waals surface area contributed by atoms with Crippen LogP contribution in [0.25, 0.3) is 16.8 Å². The van der Waals surface area contributed by atoms with Gasteiger partial charge in [0.1, 0.15) is 17.7 Å². The third kappa shape index (κ3) is 2.36. The molecule has 0 aliphatic heterocycles. The smallest absolute Gasteiger partial charge is 0.130 e. The lowest BCUT2D eigenvalue weighted by molar-refractivity contribution is 1.47. The monoisotopic (exact) mass is 282 g/mol. The van der Waals surface area contributed by atoms with Crippen LogP contribution in [-0.2, 0) is 0 Å². The van der Waals surface area contributed by atoms with Gasteiger partial charge in [-0.15, -0.1) is 0 Å². The zero-order valence-corrected chi connectivity index (χ0v) is 10.4. The summed E-state index contributed by atoms with van der Waals surface area (Å²) in [6.07, 6.45) is 1.58. The number of rotatable bonds is 1. The summed E-state index contributed by atoms with van der Waals surface area (Å²) in [5, 5.41) is 19.6. The second-order valence-corrected chi connectivity index (χ2v) is 4.36. The lowest BCUT2D eigenvalue weighted by Crippen LogP contribution is -1.80. The highest BCUT2D eigenvalue weighted by molar-refractivity contribution is 9.10. The molecule has 0 saturated heterocycles. The van der Waals surface area contributed by atoms with Crippen LogP contribution < -0.4 is 0 Å². The molecule has 0 bridgehead atoms. The maximum absolute atomic E-state index is 8.72. The van der Waals surface area contributed by atoms with Crippen molar-refractivity contribution in [1.29, 1.82) is 10.5 Å². The van der Waals surface area contributed by atoms with Gasteiger partial charge in [0.2, 0.25) is 0 Å². The van der Waals surface area contributed by atoms with Gasteiger partial charge in [-0.2, -0.15) is 10.5 Å². The van der Waals surface area contributed by atoms with Crippen LogP contribution in [0.15, 0.2) is 46.4 Å². The van der Waals surface area contributed by atoms with Crippen molar-refractivity contribution in [2.24, 2.45) is 0 Å². The third-order valence-corrected chi connectivity index (χ3v) is 3.04. The molecule has 0 N–H and O–H groups in total. The molecule has 2 aromatic carbocycles. The molecule has 0 radical (unpaired) electrons. The Morgan fingerprint density at radius 1 is 1.12 bits per heavy atom. The molecule has 0 saturated carbocycles. The van der Waals surface area contributed by atoms with Crippen LogP contribution in [0.5, 0.6) is 0 Å². The Hall–Kier alpha value is -2.10. The van der Waals surface area contributed by atoms with E-state index in [1.807, 2.05) is 48.5 Å². The summed E-state index contributed by atoms with van der Waals surface area (Å²) < 4.78 is 0.956. The topological polar surface area (TPSA) is 47.6 Å². The van der Waals surface area contributed by atoms with Gasteiger partial charge in [-0.1, -0.05) is 40.2 Å². The molecule has 0 heterocycles. The average Bonchev–Trinajstić information content (AvgIpc) is 2.36. The molecule has 0 aromatic heterocycles. The predicted octanol–water partition coefficient (Wildman–Crippen LogP) is 4.03. The SMILES string of the molecule is N#CC(C#N)=Cc1cc(Br)c2ccccc2c1. The number of fused-ring (bicyclic) bond motifs is 1. The lowest BCUT2D eigenvalue weighted by Gasteiger charge is -2.02. The van der Waals surface area contributed by atoms with Crippen LogP contribution in [0.2, 0.25) is 0 Å². The van der Waals surface area contributed by atoms with E-state index < -0.39 is 0 Å².